The lowest BCUT2D eigenvalue weighted by molar-refractivity contribution is 0.490. The minimum atomic E-state index is 0.673. The zero-order valence-corrected chi connectivity index (χ0v) is 11.2. The summed E-state index contributed by atoms with van der Waals surface area (Å²) in [6.45, 7) is 4.71. The average Bonchev–Trinajstić information content (AvgIpc) is 2.93. The van der Waals surface area contributed by atoms with Gasteiger partial charge in [-0.1, -0.05) is 23.5 Å². The van der Waals surface area contributed by atoms with Crippen molar-refractivity contribution in [3.63, 3.8) is 0 Å². The number of aryl methyl sites for hydroxylation is 2. The van der Waals surface area contributed by atoms with Crippen LogP contribution in [0.2, 0.25) is 0 Å². The number of para-hydroxylation sites is 1. The van der Waals surface area contributed by atoms with Crippen LogP contribution in [0.1, 0.15) is 17.1 Å². The Labute approximate surface area is 109 Å². The molecule has 3 aromatic rings. The monoisotopic (exact) mass is 258 g/mol. The average molecular weight is 258 g/mol. The number of furan rings is 1. The van der Waals surface area contributed by atoms with E-state index in [2.05, 4.69) is 35.4 Å². The van der Waals surface area contributed by atoms with Crippen LogP contribution in [0.5, 0.6) is 0 Å². The third-order valence-electron chi connectivity index (χ3n) is 2.83. The van der Waals surface area contributed by atoms with Crippen LogP contribution in [-0.4, -0.2) is 4.98 Å². The fourth-order valence-corrected chi connectivity index (χ4v) is 2.84. The van der Waals surface area contributed by atoms with Gasteiger partial charge in [-0.25, -0.2) is 4.98 Å². The molecule has 0 unspecified atom stereocenters. The van der Waals surface area contributed by atoms with E-state index in [0.717, 1.165) is 22.2 Å². The van der Waals surface area contributed by atoms with E-state index in [-0.39, 0.29) is 0 Å². The second-order valence-corrected chi connectivity index (χ2v) is 5.34. The molecule has 1 N–H and O–H groups in total. The molecule has 0 aliphatic heterocycles. The van der Waals surface area contributed by atoms with Gasteiger partial charge in [0.25, 0.3) is 0 Å². The van der Waals surface area contributed by atoms with Crippen molar-refractivity contribution in [3.8, 4) is 0 Å². The van der Waals surface area contributed by atoms with Crippen LogP contribution in [0, 0.1) is 13.8 Å². The molecule has 3 rings (SSSR count). The lowest BCUT2D eigenvalue weighted by Gasteiger charge is -1.98. The summed E-state index contributed by atoms with van der Waals surface area (Å²) in [4.78, 5) is 4.60. The van der Waals surface area contributed by atoms with Gasteiger partial charge < -0.3 is 9.73 Å². The summed E-state index contributed by atoms with van der Waals surface area (Å²) in [5, 5.41) is 4.24. The van der Waals surface area contributed by atoms with Gasteiger partial charge in [-0.05, 0) is 37.6 Å². The first-order valence-electron chi connectivity index (χ1n) is 5.88. The second-order valence-electron chi connectivity index (χ2n) is 4.31. The number of nitrogens with zero attached hydrogens (tertiary/aromatic N) is 1. The highest BCUT2D eigenvalue weighted by atomic mass is 32.1. The summed E-state index contributed by atoms with van der Waals surface area (Å²) in [5.41, 5.74) is 2.30. The number of benzene rings is 1. The zero-order chi connectivity index (χ0) is 12.5. The van der Waals surface area contributed by atoms with Crippen molar-refractivity contribution in [1.82, 2.24) is 4.98 Å². The molecule has 0 bridgehead atoms. The van der Waals surface area contributed by atoms with E-state index in [1.54, 1.807) is 11.3 Å². The van der Waals surface area contributed by atoms with Crippen molar-refractivity contribution in [2.24, 2.45) is 0 Å². The van der Waals surface area contributed by atoms with Crippen LogP contribution in [0.15, 0.2) is 34.7 Å². The number of hydrogen-bond donors (Lipinski definition) is 1. The second kappa shape index (κ2) is 4.46. The van der Waals surface area contributed by atoms with E-state index in [1.165, 1.54) is 10.3 Å². The highest BCUT2D eigenvalue weighted by Gasteiger charge is 2.06. The van der Waals surface area contributed by atoms with Gasteiger partial charge in [-0.15, -0.1) is 0 Å². The number of hydrogen-bond acceptors (Lipinski definition) is 4. The fraction of sp³-hybridized carbons (Fsp3) is 0.214. The van der Waals surface area contributed by atoms with Crippen molar-refractivity contribution in [3.05, 3.63) is 47.4 Å². The van der Waals surface area contributed by atoms with Crippen LogP contribution in [0.3, 0.4) is 0 Å². The van der Waals surface area contributed by atoms with E-state index in [9.17, 15) is 0 Å². The van der Waals surface area contributed by atoms with E-state index >= 15 is 0 Å². The predicted octanol–water partition coefficient (Wildman–Crippen LogP) is 4.12. The molecule has 0 amide bonds. The van der Waals surface area contributed by atoms with Gasteiger partial charge in [0.1, 0.15) is 11.5 Å². The normalized spacial score (nSPS) is 11.0. The van der Waals surface area contributed by atoms with Gasteiger partial charge in [-0.2, -0.15) is 0 Å². The van der Waals surface area contributed by atoms with Crippen LogP contribution in [0.25, 0.3) is 10.2 Å². The highest BCUT2D eigenvalue weighted by Crippen LogP contribution is 2.28. The van der Waals surface area contributed by atoms with Crippen LogP contribution >= 0.6 is 11.3 Å². The fourth-order valence-electron chi connectivity index (χ4n) is 1.90. The van der Waals surface area contributed by atoms with E-state index in [4.69, 9.17) is 4.42 Å². The molecular formula is C14H14N2OS. The van der Waals surface area contributed by atoms with Crippen molar-refractivity contribution in [1.29, 1.82) is 0 Å². The number of aromatic nitrogens is 1. The number of nitrogens with one attached hydrogen (secondary N) is 1. The topological polar surface area (TPSA) is 38.1 Å². The smallest absolute Gasteiger partial charge is 0.184 e. The van der Waals surface area contributed by atoms with Gasteiger partial charge in [0.05, 0.1) is 16.8 Å². The molecule has 18 heavy (non-hydrogen) atoms. The Bertz CT molecular complexity index is 684. The van der Waals surface area contributed by atoms with Gasteiger partial charge in [0.15, 0.2) is 5.13 Å². The molecule has 0 aliphatic carbocycles. The summed E-state index contributed by atoms with van der Waals surface area (Å²) >= 11 is 1.67. The van der Waals surface area contributed by atoms with Crippen molar-refractivity contribution < 1.29 is 4.42 Å². The summed E-state index contributed by atoms with van der Waals surface area (Å²) in [7, 11) is 0. The number of anilines is 1. The van der Waals surface area contributed by atoms with E-state index in [1.807, 2.05) is 19.1 Å². The molecule has 0 fully saturated rings. The number of rotatable bonds is 3. The Hall–Kier alpha value is -1.81. The molecule has 0 atom stereocenters. The molecular weight excluding hydrogens is 244 g/mol. The first kappa shape index (κ1) is 11.3. The summed E-state index contributed by atoms with van der Waals surface area (Å²) in [6.07, 6.45) is 0. The standard InChI is InChI=1S/C14H14N2OS/c1-9-4-3-5-12-13(9)16-14(18-12)15-8-11-7-6-10(2)17-11/h3-7H,8H2,1-2H3,(H,15,16). The molecule has 4 heteroatoms. The van der Waals surface area contributed by atoms with Crippen LogP contribution < -0.4 is 5.32 Å². The maximum atomic E-state index is 5.52. The minimum absolute atomic E-state index is 0.673. The predicted molar refractivity (Wildman–Crippen MR) is 75.1 cm³/mol. The first-order chi connectivity index (χ1) is 8.72. The Balaban J connectivity index is 1.81. The maximum Gasteiger partial charge on any atom is 0.184 e. The summed E-state index contributed by atoms with van der Waals surface area (Å²) in [5.74, 6) is 1.87. The Morgan fingerprint density at radius 1 is 1.22 bits per heavy atom. The van der Waals surface area contributed by atoms with Crippen molar-refractivity contribution in [2.45, 2.75) is 20.4 Å². The van der Waals surface area contributed by atoms with Crippen molar-refractivity contribution >= 4 is 26.7 Å². The van der Waals surface area contributed by atoms with Gasteiger partial charge in [0, 0.05) is 0 Å². The van der Waals surface area contributed by atoms with E-state index in [0.29, 0.717) is 6.54 Å². The van der Waals surface area contributed by atoms with Gasteiger partial charge >= 0.3 is 0 Å². The summed E-state index contributed by atoms with van der Waals surface area (Å²) in [6, 6.07) is 10.2. The van der Waals surface area contributed by atoms with Gasteiger partial charge in [-0.3, -0.25) is 0 Å². The number of fused-ring (bicyclic) bond motifs is 1. The SMILES string of the molecule is Cc1ccc(CNc2nc3c(C)cccc3s2)o1. The minimum Gasteiger partial charge on any atom is -0.465 e. The largest absolute Gasteiger partial charge is 0.465 e. The molecule has 0 spiro atoms. The Morgan fingerprint density at radius 2 is 2.11 bits per heavy atom. The molecule has 1 aromatic carbocycles. The molecule has 0 radical (unpaired) electrons. The number of thiazole rings is 1. The summed E-state index contributed by atoms with van der Waals surface area (Å²) < 4.78 is 6.73. The molecule has 0 aliphatic rings. The molecule has 0 saturated carbocycles. The maximum absolute atomic E-state index is 5.52. The molecule has 3 nitrogen and oxygen atoms in total. The molecule has 2 heterocycles. The van der Waals surface area contributed by atoms with Gasteiger partial charge in [0.2, 0.25) is 0 Å². The molecule has 92 valence electrons. The lowest BCUT2D eigenvalue weighted by Crippen LogP contribution is -1.97. The Kier molecular flexibility index (Phi) is 2.80. The van der Waals surface area contributed by atoms with Crippen molar-refractivity contribution in [2.75, 3.05) is 5.32 Å². The molecule has 2 aromatic heterocycles. The van der Waals surface area contributed by atoms with Crippen LogP contribution in [0.4, 0.5) is 5.13 Å². The third kappa shape index (κ3) is 2.11. The van der Waals surface area contributed by atoms with E-state index < -0.39 is 0 Å². The lowest BCUT2D eigenvalue weighted by atomic mass is 10.2. The molecule has 0 saturated heterocycles. The Morgan fingerprint density at radius 3 is 2.83 bits per heavy atom. The quantitative estimate of drug-likeness (QED) is 0.768. The van der Waals surface area contributed by atoms with Crippen LogP contribution in [-0.2, 0) is 6.54 Å². The third-order valence-corrected chi connectivity index (χ3v) is 3.81. The zero-order valence-electron chi connectivity index (χ0n) is 10.4. The highest BCUT2D eigenvalue weighted by molar-refractivity contribution is 7.22. The first-order valence-corrected chi connectivity index (χ1v) is 6.69.